The van der Waals surface area contributed by atoms with E-state index in [1.54, 1.807) is 0 Å². The molecule has 162 valence electrons. The molecule has 0 saturated heterocycles. The van der Waals surface area contributed by atoms with Crippen LogP contribution < -0.4 is 0 Å². The Balaban J connectivity index is 1.53. The van der Waals surface area contributed by atoms with Crippen LogP contribution in [0, 0.1) is 0 Å². The lowest BCUT2D eigenvalue weighted by Crippen LogP contribution is -2.26. The summed E-state index contributed by atoms with van der Waals surface area (Å²) in [6.45, 7) is 0. The molecule has 8 rings (SSSR count). The lowest BCUT2D eigenvalue weighted by Gasteiger charge is -2.33. The molecule has 0 heteroatoms. The highest BCUT2D eigenvalue weighted by Gasteiger charge is 2.43. The standard InChI is InChI=1S/C35H22/c1-2-10-26-23(9-1)17-18-24-22-34-25(21-31(24)26)19-20-35(34)32-15-7-5-13-29(32)27-11-3-4-12-28(27)30-14-6-8-16-33(30)35/h1-22H. The normalized spacial score (nSPS) is 14.4. The lowest BCUT2D eigenvalue weighted by molar-refractivity contribution is 0.803. The first-order valence-corrected chi connectivity index (χ1v) is 12.3. The van der Waals surface area contributed by atoms with Crippen LogP contribution in [0.4, 0.5) is 0 Å². The average molecular weight is 443 g/mol. The summed E-state index contributed by atoms with van der Waals surface area (Å²) in [6.07, 6.45) is 4.79. The van der Waals surface area contributed by atoms with Gasteiger partial charge in [0.2, 0.25) is 0 Å². The number of hydrogen-bond donors (Lipinski definition) is 0. The van der Waals surface area contributed by atoms with Crippen molar-refractivity contribution < 1.29 is 0 Å². The third-order valence-corrected chi connectivity index (χ3v) is 8.06. The van der Waals surface area contributed by atoms with Gasteiger partial charge < -0.3 is 0 Å². The Kier molecular flexibility index (Phi) is 3.68. The second kappa shape index (κ2) is 6.81. The summed E-state index contributed by atoms with van der Waals surface area (Å²) in [4.78, 5) is 0. The van der Waals surface area contributed by atoms with Crippen LogP contribution in [0.3, 0.4) is 0 Å². The van der Waals surface area contributed by atoms with Gasteiger partial charge in [0.1, 0.15) is 0 Å². The predicted octanol–water partition coefficient (Wildman–Crippen LogP) is 9.00. The minimum absolute atomic E-state index is 0.332. The second-order valence-corrected chi connectivity index (χ2v) is 9.73. The number of hydrogen-bond acceptors (Lipinski definition) is 0. The van der Waals surface area contributed by atoms with Crippen molar-refractivity contribution in [3.8, 4) is 22.3 Å². The monoisotopic (exact) mass is 442 g/mol. The van der Waals surface area contributed by atoms with Crippen molar-refractivity contribution in [1.82, 2.24) is 0 Å². The lowest BCUT2D eigenvalue weighted by atomic mass is 9.68. The van der Waals surface area contributed by atoms with Crippen LogP contribution in [-0.2, 0) is 5.41 Å². The Morgan fingerprint density at radius 2 is 0.971 bits per heavy atom. The Bertz CT molecular complexity index is 1780. The minimum atomic E-state index is -0.332. The van der Waals surface area contributed by atoms with Gasteiger partial charge in [0, 0.05) is 0 Å². The van der Waals surface area contributed by atoms with E-state index in [1.165, 1.54) is 66.1 Å². The summed E-state index contributed by atoms with van der Waals surface area (Å²) in [5.74, 6) is 0. The molecule has 0 bridgehead atoms. The Labute approximate surface area is 204 Å². The minimum Gasteiger partial charge on any atom is -0.0645 e. The third kappa shape index (κ3) is 2.41. The van der Waals surface area contributed by atoms with Crippen LogP contribution >= 0.6 is 0 Å². The molecule has 0 heterocycles. The van der Waals surface area contributed by atoms with E-state index < -0.39 is 0 Å². The molecule has 0 unspecified atom stereocenters. The summed E-state index contributed by atoms with van der Waals surface area (Å²) >= 11 is 0. The van der Waals surface area contributed by atoms with Crippen molar-refractivity contribution in [2.45, 2.75) is 5.41 Å². The first kappa shape index (κ1) is 18.9. The molecule has 2 aliphatic carbocycles. The molecule has 0 nitrogen and oxygen atoms in total. The van der Waals surface area contributed by atoms with Crippen molar-refractivity contribution >= 4 is 27.6 Å². The van der Waals surface area contributed by atoms with E-state index in [4.69, 9.17) is 0 Å². The van der Waals surface area contributed by atoms with Gasteiger partial charge in [-0.05, 0) is 78.2 Å². The molecule has 35 heavy (non-hydrogen) atoms. The summed E-state index contributed by atoms with van der Waals surface area (Å²) in [6, 6.07) is 44.9. The van der Waals surface area contributed by atoms with Gasteiger partial charge >= 0.3 is 0 Å². The molecule has 0 aliphatic heterocycles. The van der Waals surface area contributed by atoms with Crippen molar-refractivity contribution in [2.75, 3.05) is 0 Å². The zero-order valence-electron chi connectivity index (χ0n) is 19.2. The molecule has 0 N–H and O–H groups in total. The quantitative estimate of drug-likeness (QED) is 0.206. The van der Waals surface area contributed by atoms with Crippen molar-refractivity contribution in [2.24, 2.45) is 0 Å². The fourth-order valence-corrected chi connectivity index (χ4v) is 6.55. The number of benzene rings is 6. The molecule has 6 aromatic carbocycles. The van der Waals surface area contributed by atoms with Gasteiger partial charge in [0.05, 0.1) is 5.41 Å². The van der Waals surface area contributed by atoms with Gasteiger partial charge in [-0.15, -0.1) is 0 Å². The highest BCUT2D eigenvalue weighted by Crippen LogP contribution is 2.55. The van der Waals surface area contributed by atoms with Crippen LogP contribution in [0.5, 0.6) is 0 Å². The maximum Gasteiger partial charge on any atom is 0.0653 e. The first-order valence-electron chi connectivity index (χ1n) is 12.3. The maximum atomic E-state index is 2.45. The van der Waals surface area contributed by atoms with Crippen LogP contribution in [-0.4, -0.2) is 0 Å². The highest BCUT2D eigenvalue weighted by molar-refractivity contribution is 6.09. The van der Waals surface area contributed by atoms with Crippen molar-refractivity contribution in [3.05, 3.63) is 150 Å². The fourth-order valence-electron chi connectivity index (χ4n) is 6.55. The third-order valence-electron chi connectivity index (χ3n) is 8.06. The van der Waals surface area contributed by atoms with E-state index in [9.17, 15) is 0 Å². The smallest absolute Gasteiger partial charge is 0.0645 e. The van der Waals surface area contributed by atoms with E-state index in [-0.39, 0.29) is 5.41 Å². The van der Waals surface area contributed by atoms with Gasteiger partial charge in [-0.1, -0.05) is 121 Å². The number of allylic oxidation sites excluding steroid dienone is 1. The molecule has 0 fully saturated rings. The summed E-state index contributed by atoms with van der Waals surface area (Å²) < 4.78 is 0. The van der Waals surface area contributed by atoms with Crippen LogP contribution in [0.15, 0.2) is 127 Å². The molecule has 1 spiro atoms. The van der Waals surface area contributed by atoms with Crippen molar-refractivity contribution in [3.63, 3.8) is 0 Å². The first-order chi connectivity index (χ1) is 17.3. The molecule has 0 amide bonds. The Morgan fingerprint density at radius 3 is 1.69 bits per heavy atom. The molecule has 0 aromatic heterocycles. The van der Waals surface area contributed by atoms with Gasteiger partial charge in [-0.25, -0.2) is 0 Å². The van der Waals surface area contributed by atoms with Gasteiger partial charge in [0.15, 0.2) is 0 Å². The Hall–Kier alpha value is -4.42. The fraction of sp³-hybridized carbons (Fsp3) is 0.0286. The van der Waals surface area contributed by atoms with E-state index >= 15 is 0 Å². The molecule has 0 radical (unpaired) electrons. The largest absolute Gasteiger partial charge is 0.0653 e. The van der Waals surface area contributed by atoms with Crippen molar-refractivity contribution in [1.29, 1.82) is 0 Å². The summed E-state index contributed by atoms with van der Waals surface area (Å²) in [7, 11) is 0. The molecule has 0 saturated carbocycles. The van der Waals surface area contributed by atoms with Crippen LogP contribution in [0.2, 0.25) is 0 Å². The zero-order chi connectivity index (χ0) is 23.0. The predicted molar refractivity (Wildman–Crippen MR) is 148 cm³/mol. The zero-order valence-corrected chi connectivity index (χ0v) is 19.2. The topological polar surface area (TPSA) is 0 Å². The van der Waals surface area contributed by atoms with Gasteiger partial charge in [0.25, 0.3) is 0 Å². The van der Waals surface area contributed by atoms with Crippen LogP contribution in [0.1, 0.15) is 22.3 Å². The van der Waals surface area contributed by atoms with E-state index in [2.05, 4.69) is 133 Å². The summed E-state index contributed by atoms with van der Waals surface area (Å²) in [5.41, 5.74) is 10.3. The molecule has 2 aliphatic rings. The van der Waals surface area contributed by atoms with E-state index in [0.717, 1.165) is 0 Å². The van der Waals surface area contributed by atoms with Crippen LogP contribution in [0.25, 0.3) is 49.9 Å². The van der Waals surface area contributed by atoms with E-state index in [0.29, 0.717) is 0 Å². The molecular formula is C35H22. The summed E-state index contributed by atoms with van der Waals surface area (Å²) in [5, 5.41) is 5.22. The maximum absolute atomic E-state index is 2.45. The Morgan fingerprint density at radius 1 is 0.400 bits per heavy atom. The second-order valence-electron chi connectivity index (χ2n) is 9.73. The van der Waals surface area contributed by atoms with Gasteiger partial charge in [-0.3, -0.25) is 0 Å². The van der Waals surface area contributed by atoms with E-state index in [1.807, 2.05) is 0 Å². The number of rotatable bonds is 0. The molecular weight excluding hydrogens is 420 g/mol. The van der Waals surface area contributed by atoms with Gasteiger partial charge in [-0.2, -0.15) is 0 Å². The number of fused-ring (bicyclic) bond motifs is 12. The SMILES string of the molecule is C1=CC2(c3cc4ccc5ccccc5c4cc31)c1ccccc1-c1ccccc1-c1ccccc12. The molecule has 0 atom stereocenters. The highest BCUT2D eigenvalue weighted by atomic mass is 14.4. The average Bonchev–Trinajstić information content (AvgIpc) is 3.26. The molecule has 6 aromatic rings.